The summed E-state index contributed by atoms with van der Waals surface area (Å²) in [7, 11) is 1.68. The van der Waals surface area contributed by atoms with E-state index >= 15 is 0 Å². The van der Waals surface area contributed by atoms with Gasteiger partial charge in [0.25, 0.3) is 0 Å². The van der Waals surface area contributed by atoms with Crippen molar-refractivity contribution in [3.8, 4) is 0 Å². The Morgan fingerprint density at radius 2 is 2.11 bits per heavy atom. The fourth-order valence-corrected chi connectivity index (χ4v) is 1.81. The third kappa shape index (κ3) is 4.19. The van der Waals surface area contributed by atoms with Crippen molar-refractivity contribution in [3.63, 3.8) is 0 Å². The lowest BCUT2D eigenvalue weighted by Gasteiger charge is -2.26. The van der Waals surface area contributed by atoms with Crippen LogP contribution in [-0.4, -0.2) is 41.8 Å². The first-order valence-corrected chi connectivity index (χ1v) is 6.31. The van der Waals surface area contributed by atoms with E-state index in [1.807, 2.05) is 0 Å². The summed E-state index contributed by atoms with van der Waals surface area (Å²) in [5, 5.41) is 0. The molecule has 1 rings (SSSR count). The molecule has 0 aliphatic heterocycles. The van der Waals surface area contributed by atoms with Crippen LogP contribution < -0.4 is 10.6 Å². The SMILES string of the molecule is COCCN(CC(C)C)c1nccnc1C(N)=S. The van der Waals surface area contributed by atoms with Gasteiger partial charge in [-0.1, -0.05) is 26.1 Å². The first kappa shape index (κ1) is 14.8. The Kier molecular flexibility index (Phi) is 5.94. The molecule has 0 aromatic carbocycles. The minimum Gasteiger partial charge on any atom is -0.388 e. The van der Waals surface area contributed by atoms with E-state index in [4.69, 9.17) is 22.7 Å². The molecule has 2 N–H and O–H groups in total. The Bertz CT molecular complexity index is 397. The van der Waals surface area contributed by atoms with Gasteiger partial charge in [-0.25, -0.2) is 9.97 Å². The van der Waals surface area contributed by atoms with Gasteiger partial charge in [-0.15, -0.1) is 0 Å². The fourth-order valence-electron chi connectivity index (χ4n) is 1.66. The molecule has 1 heterocycles. The molecule has 0 atom stereocenters. The van der Waals surface area contributed by atoms with Crippen LogP contribution in [-0.2, 0) is 4.74 Å². The van der Waals surface area contributed by atoms with Crippen LogP contribution >= 0.6 is 12.2 Å². The maximum atomic E-state index is 5.68. The molecule has 6 heteroatoms. The van der Waals surface area contributed by atoms with Crippen LogP contribution in [0.3, 0.4) is 0 Å². The first-order valence-electron chi connectivity index (χ1n) is 5.91. The fraction of sp³-hybridized carbons (Fsp3) is 0.583. The van der Waals surface area contributed by atoms with Gasteiger partial charge in [0.15, 0.2) is 5.82 Å². The van der Waals surface area contributed by atoms with Crippen molar-refractivity contribution in [1.82, 2.24) is 9.97 Å². The number of ether oxygens (including phenoxy) is 1. The number of aromatic nitrogens is 2. The monoisotopic (exact) mass is 268 g/mol. The normalized spacial score (nSPS) is 10.7. The number of nitrogens with two attached hydrogens (primary N) is 1. The highest BCUT2D eigenvalue weighted by Gasteiger charge is 2.16. The second-order valence-corrected chi connectivity index (χ2v) is 4.87. The maximum absolute atomic E-state index is 5.68. The molecule has 0 unspecified atom stereocenters. The quantitative estimate of drug-likeness (QED) is 0.750. The average Bonchev–Trinajstić information content (AvgIpc) is 2.34. The van der Waals surface area contributed by atoms with E-state index in [-0.39, 0.29) is 4.99 Å². The predicted octanol–water partition coefficient (Wildman–Crippen LogP) is 1.22. The molecule has 0 saturated heterocycles. The van der Waals surface area contributed by atoms with E-state index in [1.165, 1.54) is 0 Å². The Balaban J connectivity index is 2.99. The van der Waals surface area contributed by atoms with Gasteiger partial charge in [0.1, 0.15) is 10.7 Å². The van der Waals surface area contributed by atoms with E-state index < -0.39 is 0 Å². The smallest absolute Gasteiger partial charge is 0.157 e. The summed E-state index contributed by atoms with van der Waals surface area (Å²) >= 11 is 5.01. The highest BCUT2D eigenvalue weighted by atomic mass is 32.1. The Morgan fingerprint density at radius 1 is 1.44 bits per heavy atom. The summed E-state index contributed by atoms with van der Waals surface area (Å²) in [6.45, 7) is 6.52. The van der Waals surface area contributed by atoms with Gasteiger partial charge in [0, 0.05) is 32.6 Å². The minimum atomic E-state index is 0.268. The molecule has 1 aromatic rings. The summed E-state index contributed by atoms with van der Waals surface area (Å²) < 4.78 is 5.12. The van der Waals surface area contributed by atoms with E-state index in [1.54, 1.807) is 19.5 Å². The molecular weight excluding hydrogens is 248 g/mol. The van der Waals surface area contributed by atoms with Gasteiger partial charge in [-0.05, 0) is 5.92 Å². The number of nitrogens with zero attached hydrogens (tertiary/aromatic N) is 3. The van der Waals surface area contributed by atoms with Crippen molar-refractivity contribution in [2.75, 3.05) is 31.7 Å². The number of methoxy groups -OCH3 is 1. The van der Waals surface area contributed by atoms with Crippen LogP contribution in [0, 0.1) is 5.92 Å². The molecule has 0 radical (unpaired) electrons. The molecule has 0 aliphatic rings. The zero-order valence-electron chi connectivity index (χ0n) is 11.1. The lowest BCUT2D eigenvalue weighted by Crippen LogP contribution is -2.34. The maximum Gasteiger partial charge on any atom is 0.157 e. The van der Waals surface area contributed by atoms with Crippen molar-refractivity contribution in [3.05, 3.63) is 18.1 Å². The number of hydrogen-bond donors (Lipinski definition) is 1. The van der Waals surface area contributed by atoms with Crippen molar-refractivity contribution in [2.45, 2.75) is 13.8 Å². The first-order chi connectivity index (χ1) is 8.56. The van der Waals surface area contributed by atoms with Crippen LogP contribution in [0.1, 0.15) is 19.5 Å². The van der Waals surface area contributed by atoms with Crippen LogP contribution in [0.5, 0.6) is 0 Å². The molecule has 100 valence electrons. The lowest BCUT2D eigenvalue weighted by atomic mass is 10.2. The number of hydrogen-bond acceptors (Lipinski definition) is 5. The standard InChI is InChI=1S/C12H20N4OS/c1-9(2)8-16(6-7-17-3)12-10(11(13)18)14-4-5-15-12/h4-5,9H,6-8H2,1-3H3,(H2,13,18). The number of anilines is 1. The molecule has 1 aromatic heterocycles. The summed E-state index contributed by atoms with van der Waals surface area (Å²) in [4.78, 5) is 10.9. The largest absolute Gasteiger partial charge is 0.388 e. The zero-order valence-corrected chi connectivity index (χ0v) is 11.9. The van der Waals surface area contributed by atoms with Crippen molar-refractivity contribution < 1.29 is 4.74 Å². The topological polar surface area (TPSA) is 64.3 Å². The molecule has 0 spiro atoms. The molecule has 0 fully saturated rings. The summed E-state index contributed by atoms with van der Waals surface area (Å²) in [5.41, 5.74) is 6.26. The van der Waals surface area contributed by atoms with Crippen LogP contribution in [0.2, 0.25) is 0 Å². The summed E-state index contributed by atoms with van der Waals surface area (Å²) in [5.74, 6) is 1.24. The Labute approximate surface area is 113 Å². The minimum absolute atomic E-state index is 0.268. The zero-order chi connectivity index (χ0) is 13.5. The highest BCUT2D eigenvalue weighted by Crippen LogP contribution is 2.16. The van der Waals surface area contributed by atoms with E-state index in [2.05, 4.69) is 28.7 Å². The molecule has 0 saturated carbocycles. The number of thiocarbonyl (C=S) groups is 1. The Hall–Kier alpha value is -1.27. The molecule has 0 bridgehead atoms. The summed E-state index contributed by atoms with van der Waals surface area (Å²) in [6, 6.07) is 0. The van der Waals surface area contributed by atoms with Crippen LogP contribution in [0.4, 0.5) is 5.82 Å². The predicted molar refractivity (Wildman–Crippen MR) is 76.8 cm³/mol. The highest BCUT2D eigenvalue weighted by molar-refractivity contribution is 7.80. The third-order valence-corrected chi connectivity index (χ3v) is 2.56. The molecular formula is C12H20N4OS. The van der Waals surface area contributed by atoms with E-state index in [0.29, 0.717) is 18.2 Å². The molecule has 0 amide bonds. The van der Waals surface area contributed by atoms with Gasteiger partial charge in [-0.2, -0.15) is 0 Å². The van der Waals surface area contributed by atoms with Gasteiger partial charge >= 0.3 is 0 Å². The molecule has 18 heavy (non-hydrogen) atoms. The van der Waals surface area contributed by atoms with Gasteiger partial charge in [0.05, 0.1) is 6.61 Å². The third-order valence-electron chi connectivity index (χ3n) is 2.36. The second kappa shape index (κ2) is 7.23. The van der Waals surface area contributed by atoms with Crippen molar-refractivity contribution in [1.29, 1.82) is 0 Å². The second-order valence-electron chi connectivity index (χ2n) is 4.43. The van der Waals surface area contributed by atoms with E-state index in [0.717, 1.165) is 18.9 Å². The lowest BCUT2D eigenvalue weighted by molar-refractivity contribution is 0.204. The average molecular weight is 268 g/mol. The van der Waals surface area contributed by atoms with Crippen molar-refractivity contribution >= 4 is 23.0 Å². The molecule has 0 aliphatic carbocycles. The summed E-state index contributed by atoms with van der Waals surface area (Å²) in [6.07, 6.45) is 3.25. The number of rotatable bonds is 7. The van der Waals surface area contributed by atoms with Gasteiger partial charge in [0.2, 0.25) is 0 Å². The Morgan fingerprint density at radius 3 is 2.67 bits per heavy atom. The van der Waals surface area contributed by atoms with Crippen LogP contribution in [0.25, 0.3) is 0 Å². The van der Waals surface area contributed by atoms with E-state index in [9.17, 15) is 0 Å². The van der Waals surface area contributed by atoms with Gasteiger partial charge < -0.3 is 15.4 Å². The molecule has 5 nitrogen and oxygen atoms in total. The van der Waals surface area contributed by atoms with Crippen LogP contribution in [0.15, 0.2) is 12.4 Å². The van der Waals surface area contributed by atoms with Gasteiger partial charge in [-0.3, -0.25) is 0 Å². The van der Waals surface area contributed by atoms with Crippen molar-refractivity contribution in [2.24, 2.45) is 11.7 Å².